The van der Waals surface area contributed by atoms with Gasteiger partial charge in [0.05, 0.1) is 11.7 Å². The normalized spacial score (nSPS) is 28.2. The molecular formula is C14H24N2O. The first kappa shape index (κ1) is 12.9. The van der Waals surface area contributed by atoms with Crippen LogP contribution in [0.15, 0.2) is 0 Å². The number of hydrogen-bond donors (Lipinski definition) is 0. The molecule has 0 amide bonds. The molecule has 1 heterocycles. The molecule has 1 saturated carbocycles. The lowest BCUT2D eigenvalue weighted by atomic mass is 9.78. The maximum absolute atomic E-state index is 8.65. The van der Waals surface area contributed by atoms with Crippen molar-refractivity contribution in [3.8, 4) is 6.07 Å². The van der Waals surface area contributed by atoms with Crippen molar-refractivity contribution in [3.63, 3.8) is 0 Å². The Morgan fingerprint density at radius 1 is 1.35 bits per heavy atom. The SMILES string of the molecule is CN(CCC#N)C1CCOC2(CCCCC2)C1. The van der Waals surface area contributed by atoms with Gasteiger partial charge in [-0.25, -0.2) is 0 Å². The Morgan fingerprint density at radius 3 is 2.82 bits per heavy atom. The molecule has 0 N–H and O–H groups in total. The van der Waals surface area contributed by atoms with Crippen LogP contribution in [0.1, 0.15) is 51.4 Å². The van der Waals surface area contributed by atoms with E-state index in [0.717, 1.165) is 19.6 Å². The smallest absolute Gasteiger partial charge is 0.0697 e. The van der Waals surface area contributed by atoms with E-state index in [1.807, 2.05) is 0 Å². The Labute approximate surface area is 105 Å². The third-order valence-electron chi connectivity index (χ3n) is 4.43. The second kappa shape index (κ2) is 5.84. The molecule has 1 unspecified atom stereocenters. The highest BCUT2D eigenvalue weighted by Crippen LogP contribution is 2.39. The van der Waals surface area contributed by atoms with Gasteiger partial charge in [-0.1, -0.05) is 19.3 Å². The Balaban J connectivity index is 1.89. The summed E-state index contributed by atoms with van der Waals surface area (Å²) in [6.07, 6.45) is 9.47. The van der Waals surface area contributed by atoms with Crippen LogP contribution in [0.4, 0.5) is 0 Å². The number of rotatable bonds is 3. The van der Waals surface area contributed by atoms with Crippen LogP contribution in [-0.2, 0) is 4.74 Å². The van der Waals surface area contributed by atoms with Gasteiger partial charge in [0.25, 0.3) is 0 Å². The summed E-state index contributed by atoms with van der Waals surface area (Å²) in [6.45, 7) is 1.80. The van der Waals surface area contributed by atoms with Gasteiger partial charge < -0.3 is 9.64 Å². The van der Waals surface area contributed by atoms with Crippen molar-refractivity contribution < 1.29 is 4.74 Å². The predicted molar refractivity (Wildman–Crippen MR) is 67.7 cm³/mol. The minimum atomic E-state index is 0.183. The second-order valence-corrected chi connectivity index (χ2v) is 5.63. The van der Waals surface area contributed by atoms with Crippen molar-refractivity contribution in [2.45, 2.75) is 63.0 Å². The van der Waals surface area contributed by atoms with E-state index in [1.165, 1.54) is 38.5 Å². The molecule has 2 fully saturated rings. The molecule has 0 aromatic heterocycles. The molecule has 0 radical (unpaired) electrons. The van der Waals surface area contributed by atoms with Crippen molar-refractivity contribution in [1.29, 1.82) is 5.26 Å². The number of nitriles is 1. The Kier molecular flexibility index (Phi) is 4.42. The van der Waals surface area contributed by atoms with Crippen molar-refractivity contribution in [2.24, 2.45) is 0 Å². The average molecular weight is 236 g/mol. The molecule has 1 aliphatic heterocycles. The zero-order chi connectivity index (χ0) is 12.1. The lowest BCUT2D eigenvalue weighted by molar-refractivity contribution is -0.121. The molecule has 96 valence electrons. The fourth-order valence-corrected chi connectivity index (χ4v) is 3.33. The molecule has 17 heavy (non-hydrogen) atoms. The third-order valence-corrected chi connectivity index (χ3v) is 4.43. The van der Waals surface area contributed by atoms with Crippen molar-refractivity contribution >= 4 is 0 Å². The number of ether oxygens (including phenoxy) is 1. The maximum Gasteiger partial charge on any atom is 0.0697 e. The average Bonchev–Trinajstić information content (AvgIpc) is 2.37. The Hall–Kier alpha value is -0.590. The highest BCUT2D eigenvalue weighted by atomic mass is 16.5. The van der Waals surface area contributed by atoms with E-state index in [4.69, 9.17) is 10.00 Å². The molecule has 0 bridgehead atoms. The number of hydrogen-bond acceptors (Lipinski definition) is 3. The lowest BCUT2D eigenvalue weighted by Gasteiger charge is -2.45. The standard InChI is InChI=1S/C14H24N2O/c1-16(10-5-9-15)13-6-11-17-14(12-13)7-3-2-4-8-14/h13H,2-8,10-12H2,1H3. The number of nitrogens with zero attached hydrogens (tertiary/aromatic N) is 2. The van der Waals surface area contributed by atoms with Gasteiger partial charge in [-0.2, -0.15) is 5.26 Å². The summed E-state index contributed by atoms with van der Waals surface area (Å²) >= 11 is 0. The van der Waals surface area contributed by atoms with Crippen molar-refractivity contribution in [3.05, 3.63) is 0 Å². The summed E-state index contributed by atoms with van der Waals surface area (Å²) in [5, 5.41) is 8.65. The van der Waals surface area contributed by atoms with Gasteiger partial charge in [0.15, 0.2) is 0 Å². The van der Waals surface area contributed by atoms with E-state index < -0.39 is 0 Å². The minimum Gasteiger partial charge on any atom is -0.375 e. The summed E-state index contributed by atoms with van der Waals surface area (Å²) in [5.41, 5.74) is 0.183. The van der Waals surface area contributed by atoms with Crippen LogP contribution in [-0.4, -0.2) is 36.7 Å². The largest absolute Gasteiger partial charge is 0.375 e. The van der Waals surface area contributed by atoms with Gasteiger partial charge in [-0.15, -0.1) is 0 Å². The summed E-state index contributed by atoms with van der Waals surface area (Å²) in [7, 11) is 2.16. The van der Waals surface area contributed by atoms with Gasteiger partial charge >= 0.3 is 0 Å². The fraction of sp³-hybridized carbons (Fsp3) is 0.929. The van der Waals surface area contributed by atoms with E-state index in [-0.39, 0.29) is 5.60 Å². The second-order valence-electron chi connectivity index (χ2n) is 5.63. The molecule has 1 atom stereocenters. The van der Waals surface area contributed by atoms with E-state index >= 15 is 0 Å². The van der Waals surface area contributed by atoms with Gasteiger partial charge in [0.2, 0.25) is 0 Å². The van der Waals surface area contributed by atoms with E-state index in [2.05, 4.69) is 18.0 Å². The molecule has 3 heteroatoms. The molecule has 2 aliphatic rings. The first-order valence-corrected chi connectivity index (χ1v) is 6.97. The van der Waals surface area contributed by atoms with Gasteiger partial charge in [0.1, 0.15) is 0 Å². The first-order chi connectivity index (χ1) is 8.26. The molecule has 2 rings (SSSR count). The first-order valence-electron chi connectivity index (χ1n) is 6.97. The van der Waals surface area contributed by atoms with E-state index in [1.54, 1.807) is 0 Å². The zero-order valence-corrected chi connectivity index (χ0v) is 11.0. The van der Waals surface area contributed by atoms with Crippen LogP contribution in [0.25, 0.3) is 0 Å². The van der Waals surface area contributed by atoms with Gasteiger partial charge in [0, 0.05) is 25.6 Å². The summed E-state index contributed by atoms with van der Waals surface area (Å²) in [5.74, 6) is 0. The van der Waals surface area contributed by atoms with Gasteiger partial charge in [-0.05, 0) is 32.7 Å². The topological polar surface area (TPSA) is 36.3 Å². The van der Waals surface area contributed by atoms with E-state index in [0.29, 0.717) is 12.5 Å². The predicted octanol–water partition coefficient (Wildman–Crippen LogP) is 2.71. The molecule has 3 nitrogen and oxygen atoms in total. The maximum atomic E-state index is 8.65. The minimum absolute atomic E-state index is 0.183. The molecular weight excluding hydrogens is 212 g/mol. The van der Waals surface area contributed by atoms with Crippen molar-refractivity contribution in [2.75, 3.05) is 20.2 Å². The Bertz CT molecular complexity index is 273. The molecule has 1 spiro atoms. The third kappa shape index (κ3) is 3.20. The van der Waals surface area contributed by atoms with Crippen molar-refractivity contribution in [1.82, 2.24) is 4.90 Å². The summed E-state index contributed by atoms with van der Waals surface area (Å²) in [6, 6.07) is 2.86. The quantitative estimate of drug-likeness (QED) is 0.756. The van der Waals surface area contributed by atoms with Gasteiger partial charge in [-0.3, -0.25) is 0 Å². The fourth-order valence-electron chi connectivity index (χ4n) is 3.33. The molecule has 1 saturated heterocycles. The molecule has 0 aromatic rings. The Morgan fingerprint density at radius 2 is 2.12 bits per heavy atom. The van der Waals surface area contributed by atoms with Crippen LogP contribution in [0.2, 0.25) is 0 Å². The highest BCUT2D eigenvalue weighted by Gasteiger charge is 2.39. The van der Waals surface area contributed by atoms with Crippen LogP contribution >= 0.6 is 0 Å². The molecule has 1 aliphatic carbocycles. The van der Waals surface area contributed by atoms with Crippen LogP contribution in [0.5, 0.6) is 0 Å². The zero-order valence-electron chi connectivity index (χ0n) is 11.0. The lowest BCUT2D eigenvalue weighted by Crippen LogP contribution is -2.48. The summed E-state index contributed by atoms with van der Waals surface area (Å²) < 4.78 is 6.10. The molecule has 0 aromatic carbocycles. The van der Waals surface area contributed by atoms with Crippen LogP contribution in [0, 0.1) is 11.3 Å². The summed E-state index contributed by atoms with van der Waals surface area (Å²) in [4.78, 5) is 2.36. The van der Waals surface area contributed by atoms with Crippen LogP contribution in [0.3, 0.4) is 0 Å². The van der Waals surface area contributed by atoms with Crippen LogP contribution < -0.4 is 0 Å². The highest BCUT2D eigenvalue weighted by molar-refractivity contribution is 4.92. The van der Waals surface area contributed by atoms with E-state index in [9.17, 15) is 0 Å². The monoisotopic (exact) mass is 236 g/mol.